The minimum Gasteiger partial charge on any atom is -0.493 e. The zero-order chi connectivity index (χ0) is 23.3. The number of sulfonamides is 1. The molecular weight excluding hydrogens is 442 g/mol. The number of pyridine rings is 1. The van der Waals surface area contributed by atoms with Crippen LogP contribution in [0, 0.1) is 0 Å². The molecule has 33 heavy (non-hydrogen) atoms. The summed E-state index contributed by atoms with van der Waals surface area (Å²) in [5, 5.41) is 0.774. The first kappa shape index (κ1) is 23.2. The molecule has 1 fully saturated rings. The molecule has 1 saturated heterocycles. The molecule has 2 heterocycles. The third kappa shape index (κ3) is 5.51. The van der Waals surface area contributed by atoms with Crippen molar-refractivity contribution < 1.29 is 22.7 Å². The number of methoxy groups -OCH3 is 1. The van der Waals surface area contributed by atoms with Gasteiger partial charge in [-0.25, -0.2) is 13.1 Å². The molecule has 0 saturated carbocycles. The molecule has 3 aromatic rings. The molecule has 0 amide bonds. The first-order valence-electron chi connectivity index (χ1n) is 10.6. The van der Waals surface area contributed by atoms with Crippen LogP contribution in [0.25, 0.3) is 0 Å². The van der Waals surface area contributed by atoms with Crippen LogP contribution in [0.5, 0.6) is 11.5 Å². The Morgan fingerprint density at radius 2 is 1.88 bits per heavy atom. The molecule has 0 radical (unpaired) electrons. The average Bonchev–Trinajstić information content (AvgIpc) is 3.25. The van der Waals surface area contributed by atoms with E-state index in [-0.39, 0.29) is 13.2 Å². The summed E-state index contributed by atoms with van der Waals surface area (Å²) in [6.45, 7) is 0.566. The molecule has 0 bridgehead atoms. The van der Waals surface area contributed by atoms with E-state index in [1.165, 1.54) is 0 Å². The summed E-state index contributed by atoms with van der Waals surface area (Å²) >= 11 is 0. The second kappa shape index (κ2) is 10.3. The van der Waals surface area contributed by atoms with E-state index in [1.807, 2.05) is 42.5 Å². The Balaban J connectivity index is 1.51. The van der Waals surface area contributed by atoms with Gasteiger partial charge in [0.15, 0.2) is 11.5 Å². The average molecular weight is 470 g/mol. The fraction of sp³-hybridized carbons (Fsp3) is 0.292. The Morgan fingerprint density at radius 1 is 1.09 bits per heavy atom. The van der Waals surface area contributed by atoms with Crippen LogP contribution in [0.4, 0.5) is 0 Å². The van der Waals surface area contributed by atoms with Crippen LogP contribution in [-0.4, -0.2) is 44.5 Å². The van der Waals surface area contributed by atoms with Gasteiger partial charge in [-0.3, -0.25) is 9.82 Å². The smallest absolute Gasteiger partial charge is 0.219 e. The van der Waals surface area contributed by atoms with Gasteiger partial charge in [-0.15, -0.1) is 0 Å². The van der Waals surface area contributed by atoms with E-state index in [0.29, 0.717) is 23.8 Å². The molecule has 174 valence electrons. The number of rotatable bonds is 9. The third-order valence-electron chi connectivity index (χ3n) is 5.53. The first-order valence-corrected chi connectivity index (χ1v) is 12.1. The lowest BCUT2D eigenvalue weighted by molar-refractivity contribution is -0.110. The SMILES string of the molecule is COc1cc([C@@H]2[C@H](S(=O)(=O)NCc3ccccn3)CON2C)ccc1OCc1ccccc1. The Kier molecular flexibility index (Phi) is 7.24. The lowest BCUT2D eigenvalue weighted by Gasteiger charge is -2.24. The lowest BCUT2D eigenvalue weighted by Crippen LogP contribution is -2.39. The van der Waals surface area contributed by atoms with Gasteiger partial charge in [0.2, 0.25) is 10.0 Å². The van der Waals surface area contributed by atoms with E-state index in [2.05, 4.69) is 9.71 Å². The van der Waals surface area contributed by atoms with Crippen molar-refractivity contribution in [2.24, 2.45) is 0 Å². The van der Waals surface area contributed by atoms with Gasteiger partial charge in [-0.1, -0.05) is 42.5 Å². The Labute approximate surface area is 194 Å². The van der Waals surface area contributed by atoms with Crippen LogP contribution in [0.2, 0.25) is 0 Å². The number of aromatic nitrogens is 1. The number of ether oxygens (including phenoxy) is 2. The van der Waals surface area contributed by atoms with Gasteiger partial charge >= 0.3 is 0 Å². The Hall–Kier alpha value is -2.98. The second-order valence-electron chi connectivity index (χ2n) is 7.70. The van der Waals surface area contributed by atoms with Crippen LogP contribution in [0.15, 0.2) is 72.9 Å². The summed E-state index contributed by atoms with van der Waals surface area (Å²) in [6.07, 6.45) is 1.63. The van der Waals surface area contributed by atoms with E-state index in [9.17, 15) is 8.42 Å². The van der Waals surface area contributed by atoms with Crippen molar-refractivity contribution in [2.45, 2.75) is 24.4 Å². The lowest BCUT2D eigenvalue weighted by atomic mass is 10.0. The number of benzene rings is 2. The van der Waals surface area contributed by atoms with E-state index >= 15 is 0 Å². The summed E-state index contributed by atoms with van der Waals surface area (Å²) in [6, 6.07) is 20.2. The highest BCUT2D eigenvalue weighted by Gasteiger charge is 2.43. The van der Waals surface area contributed by atoms with E-state index < -0.39 is 21.3 Å². The van der Waals surface area contributed by atoms with Crippen LogP contribution < -0.4 is 14.2 Å². The van der Waals surface area contributed by atoms with E-state index in [4.69, 9.17) is 14.3 Å². The van der Waals surface area contributed by atoms with Crippen molar-refractivity contribution in [3.8, 4) is 11.5 Å². The van der Waals surface area contributed by atoms with Crippen LogP contribution in [0.1, 0.15) is 22.9 Å². The van der Waals surface area contributed by atoms with E-state index in [0.717, 1.165) is 11.1 Å². The van der Waals surface area contributed by atoms with Crippen LogP contribution in [0.3, 0.4) is 0 Å². The number of nitrogens with one attached hydrogen (secondary N) is 1. The molecule has 2 atom stereocenters. The highest BCUT2D eigenvalue weighted by atomic mass is 32.2. The monoisotopic (exact) mass is 469 g/mol. The van der Waals surface area contributed by atoms with Crippen LogP contribution in [-0.2, 0) is 28.0 Å². The summed E-state index contributed by atoms with van der Waals surface area (Å²) in [4.78, 5) is 9.78. The molecule has 0 unspecified atom stereocenters. The molecule has 1 N–H and O–H groups in total. The molecule has 1 aromatic heterocycles. The fourth-order valence-corrected chi connectivity index (χ4v) is 5.26. The quantitative estimate of drug-likeness (QED) is 0.515. The predicted octanol–water partition coefficient (Wildman–Crippen LogP) is 3.08. The van der Waals surface area contributed by atoms with Gasteiger partial charge in [-0.2, -0.15) is 5.06 Å². The Morgan fingerprint density at radius 3 is 2.61 bits per heavy atom. The fourth-order valence-electron chi connectivity index (χ4n) is 3.79. The largest absolute Gasteiger partial charge is 0.493 e. The van der Waals surface area contributed by atoms with Gasteiger partial charge < -0.3 is 9.47 Å². The van der Waals surface area contributed by atoms with Crippen molar-refractivity contribution in [3.63, 3.8) is 0 Å². The number of hydrogen-bond donors (Lipinski definition) is 1. The minimum atomic E-state index is -3.69. The highest BCUT2D eigenvalue weighted by Crippen LogP contribution is 2.38. The van der Waals surface area contributed by atoms with Gasteiger partial charge in [0.05, 0.1) is 32.0 Å². The van der Waals surface area contributed by atoms with Crippen molar-refractivity contribution in [2.75, 3.05) is 20.8 Å². The first-order chi connectivity index (χ1) is 16.0. The second-order valence-corrected chi connectivity index (χ2v) is 9.68. The topological polar surface area (TPSA) is 90.0 Å². The molecule has 4 rings (SSSR count). The molecule has 0 aliphatic carbocycles. The highest BCUT2D eigenvalue weighted by molar-refractivity contribution is 7.90. The zero-order valence-corrected chi connectivity index (χ0v) is 19.4. The van der Waals surface area contributed by atoms with Gasteiger partial charge in [0.25, 0.3) is 0 Å². The number of hydrogen-bond acceptors (Lipinski definition) is 7. The molecular formula is C24H27N3O5S. The van der Waals surface area contributed by atoms with Gasteiger partial charge in [-0.05, 0) is 35.4 Å². The van der Waals surface area contributed by atoms with Gasteiger partial charge in [0, 0.05) is 13.2 Å². The van der Waals surface area contributed by atoms with Crippen molar-refractivity contribution in [1.82, 2.24) is 14.8 Å². The third-order valence-corrected chi connectivity index (χ3v) is 7.27. The maximum absolute atomic E-state index is 13.1. The molecule has 2 aromatic carbocycles. The summed E-state index contributed by atoms with van der Waals surface area (Å²) < 4.78 is 40.4. The number of hydroxylamine groups is 2. The predicted molar refractivity (Wildman–Crippen MR) is 124 cm³/mol. The van der Waals surface area contributed by atoms with Crippen molar-refractivity contribution in [3.05, 3.63) is 89.7 Å². The molecule has 0 spiro atoms. The molecule has 9 heteroatoms. The zero-order valence-electron chi connectivity index (χ0n) is 18.5. The maximum Gasteiger partial charge on any atom is 0.219 e. The summed E-state index contributed by atoms with van der Waals surface area (Å²) in [5.74, 6) is 1.11. The Bertz CT molecular complexity index is 1160. The maximum atomic E-state index is 13.1. The standard InChI is InChI=1S/C24H27N3O5S/c1-27-24(23(17-32-27)33(28,29)26-15-20-10-6-7-13-25-20)19-11-12-21(22(14-19)30-2)31-16-18-8-4-3-5-9-18/h3-14,23-24,26H,15-17H2,1-2H3/t23-,24-/m1/s1. The van der Waals surface area contributed by atoms with Crippen molar-refractivity contribution >= 4 is 10.0 Å². The minimum absolute atomic E-state index is 0.0489. The van der Waals surface area contributed by atoms with Crippen LogP contribution >= 0.6 is 0 Å². The molecule has 1 aliphatic rings. The van der Waals surface area contributed by atoms with Crippen molar-refractivity contribution in [1.29, 1.82) is 0 Å². The summed E-state index contributed by atoms with van der Waals surface area (Å²) in [7, 11) is -0.404. The van der Waals surface area contributed by atoms with Gasteiger partial charge in [0.1, 0.15) is 11.9 Å². The molecule has 8 nitrogen and oxygen atoms in total. The molecule has 1 aliphatic heterocycles. The summed E-state index contributed by atoms with van der Waals surface area (Å²) in [5.41, 5.74) is 2.44. The normalized spacial score (nSPS) is 18.8. The number of nitrogens with zero attached hydrogens (tertiary/aromatic N) is 2. The van der Waals surface area contributed by atoms with E-state index in [1.54, 1.807) is 49.7 Å².